The molecule has 0 aliphatic carbocycles. The van der Waals surface area contributed by atoms with Crippen LogP contribution in [0.4, 0.5) is 5.69 Å². The fraction of sp³-hybridized carbons (Fsp3) is 0.417. The molecule has 0 spiro atoms. The summed E-state index contributed by atoms with van der Waals surface area (Å²) in [5, 5.41) is 2.88. The molecule has 0 saturated carbocycles. The van der Waals surface area contributed by atoms with E-state index in [1.165, 1.54) is 26.4 Å². The van der Waals surface area contributed by atoms with Gasteiger partial charge in [-0.15, -0.1) is 0 Å². The molecule has 2 aromatic carbocycles. The first-order valence-corrected chi connectivity index (χ1v) is 12.1. The second-order valence-corrected chi connectivity index (χ2v) is 10.5. The molecule has 0 aromatic heterocycles. The number of esters is 2. The van der Waals surface area contributed by atoms with Gasteiger partial charge in [0, 0.05) is 6.42 Å². The minimum absolute atomic E-state index is 0.127. The first-order valence-electron chi connectivity index (χ1n) is 10.4. The molecule has 8 nitrogen and oxygen atoms in total. The second kappa shape index (κ2) is 10.7. The average Bonchev–Trinajstić information content (AvgIpc) is 2.74. The minimum atomic E-state index is -3.68. The van der Waals surface area contributed by atoms with Gasteiger partial charge in [0.05, 0.1) is 30.4 Å². The molecule has 33 heavy (non-hydrogen) atoms. The maximum absolute atomic E-state index is 12.8. The lowest BCUT2D eigenvalue weighted by Gasteiger charge is -2.20. The lowest BCUT2D eigenvalue weighted by Crippen LogP contribution is -2.24. The van der Waals surface area contributed by atoms with Crippen molar-refractivity contribution in [2.45, 2.75) is 51.0 Å². The van der Waals surface area contributed by atoms with E-state index in [9.17, 15) is 18.0 Å². The van der Waals surface area contributed by atoms with Gasteiger partial charge >= 0.3 is 11.9 Å². The third kappa shape index (κ3) is 7.49. The van der Waals surface area contributed by atoms with E-state index in [2.05, 4.69) is 5.32 Å². The Morgan fingerprint density at radius 3 is 2.21 bits per heavy atom. The predicted molar refractivity (Wildman–Crippen MR) is 125 cm³/mol. The summed E-state index contributed by atoms with van der Waals surface area (Å²) in [7, 11) is -0.926. The fourth-order valence-corrected chi connectivity index (χ4v) is 4.24. The number of carbonyl (C=O) groups is 2. The molecule has 0 fully saturated rings. The van der Waals surface area contributed by atoms with Gasteiger partial charge in [-0.05, 0) is 75.6 Å². The van der Waals surface area contributed by atoms with Crippen LogP contribution in [0.2, 0.25) is 0 Å². The number of carbonyl (C=O) groups excluding carboxylic acids is 2. The highest BCUT2D eigenvalue weighted by Crippen LogP contribution is 2.26. The van der Waals surface area contributed by atoms with E-state index in [1.54, 1.807) is 52.0 Å². The monoisotopic (exact) mass is 477 g/mol. The van der Waals surface area contributed by atoms with Crippen LogP contribution in [-0.2, 0) is 30.5 Å². The third-order valence-electron chi connectivity index (χ3n) is 4.70. The van der Waals surface area contributed by atoms with Gasteiger partial charge < -0.3 is 19.5 Å². The van der Waals surface area contributed by atoms with Crippen LogP contribution in [0.25, 0.3) is 0 Å². The largest absolute Gasteiger partial charge is 0.497 e. The molecular weight excluding hydrogens is 446 g/mol. The van der Waals surface area contributed by atoms with Gasteiger partial charge in [0.25, 0.3) is 0 Å². The van der Waals surface area contributed by atoms with Gasteiger partial charge in [0.15, 0.2) is 9.84 Å². The molecule has 180 valence electrons. The molecule has 0 aliphatic rings. The van der Waals surface area contributed by atoms with Gasteiger partial charge in [0.2, 0.25) is 0 Å². The topological polar surface area (TPSA) is 108 Å². The molecule has 0 amide bonds. The highest BCUT2D eigenvalue weighted by molar-refractivity contribution is 7.91. The number of anilines is 1. The summed E-state index contributed by atoms with van der Waals surface area (Å²) in [4.78, 5) is 24.6. The van der Waals surface area contributed by atoms with Crippen molar-refractivity contribution in [3.63, 3.8) is 0 Å². The van der Waals surface area contributed by atoms with Crippen LogP contribution < -0.4 is 10.1 Å². The van der Waals surface area contributed by atoms with Gasteiger partial charge in [-0.2, -0.15) is 0 Å². The van der Waals surface area contributed by atoms with Crippen LogP contribution in [0, 0.1) is 6.92 Å². The lowest BCUT2D eigenvalue weighted by atomic mass is 10.00. The van der Waals surface area contributed by atoms with Crippen LogP contribution in [0.1, 0.15) is 48.7 Å². The molecule has 1 N–H and O–H groups in total. The van der Waals surface area contributed by atoms with Crippen LogP contribution in [0.15, 0.2) is 41.3 Å². The number of methoxy groups -OCH3 is 2. The third-order valence-corrected chi connectivity index (χ3v) is 6.21. The van der Waals surface area contributed by atoms with Crippen molar-refractivity contribution in [2.24, 2.45) is 0 Å². The molecule has 0 saturated heterocycles. The molecule has 0 radical (unpaired) electrons. The Kier molecular flexibility index (Phi) is 8.49. The summed E-state index contributed by atoms with van der Waals surface area (Å²) in [5.74, 6) is -0.816. The molecule has 0 atom stereocenters. The highest BCUT2D eigenvalue weighted by atomic mass is 32.2. The number of rotatable bonds is 9. The Labute approximate surface area is 195 Å². The fourth-order valence-electron chi connectivity index (χ4n) is 3.18. The van der Waals surface area contributed by atoms with E-state index in [1.807, 2.05) is 0 Å². The first kappa shape index (κ1) is 26.2. The predicted octanol–water partition coefficient (Wildman–Crippen LogP) is 3.91. The normalized spacial score (nSPS) is 11.6. The molecule has 0 aliphatic heterocycles. The number of hydrogen-bond donors (Lipinski definition) is 1. The molecule has 2 rings (SSSR count). The van der Waals surface area contributed by atoms with Crippen LogP contribution in [-0.4, -0.2) is 46.1 Å². The van der Waals surface area contributed by atoms with E-state index in [4.69, 9.17) is 14.2 Å². The molecule has 9 heteroatoms. The Bertz CT molecular complexity index is 1100. The van der Waals surface area contributed by atoms with E-state index in [0.717, 1.165) is 5.56 Å². The zero-order chi connectivity index (χ0) is 24.8. The van der Waals surface area contributed by atoms with Crippen LogP contribution >= 0.6 is 0 Å². The summed E-state index contributed by atoms with van der Waals surface area (Å²) in [5.41, 5.74) is 1.37. The van der Waals surface area contributed by atoms with Crippen molar-refractivity contribution < 1.29 is 32.2 Å². The zero-order valence-corrected chi connectivity index (χ0v) is 20.7. The van der Waals surface area contributed by atoms with Gasteiger partial charge in [-0.25, -0.2) is 13.2 Å². The Balaban J connectivity index is 2.23. The van der Waals surface area contributed by atoms with E-state index in [-0.39, 0.29) is 22.8 Å². The summed E-state index contributed by atoms with van der Waals surface area (Å²) in [6.07, 6.45) is 0.514. The van der Waals surface area contributed by atoms with Crippen molar-refractivity contribution in [2.75, 3.05) is 25.4 Å². The first-order chi connectivity index (χ1) is 15.4. The molecule has 0 bridgehead atoms. The number of nitrogens with one attached hydrogen (secondary N) is 1. The standard InChI is InChI=1S/C24H31NO7S/c1-16-13-17(7-12-21(26)32-24(2,3)4)14-20(23(27)31-6)22(16)25-15-33(28,29)19-10-8-18(30-5)9-11-19/h8-11,13-14,25H,7,12,15H2,1-6H3. The lowest BCUT2D eigenvalue weighted by molar-refractivity contribution is -0.154. The molecule has 0 unspecified atom stereocenters. The highest BCUT2D eigenvalue weighted by Gasteiger charge is 2.21. The Morgan fingerprint density at radius 2 is 1.67 bits per heavy atom. The van der Waals surface area contributed by atoms with Crippen molar-refractivity contribution in [3.05, 3.63) is 53.1 Å². The van der Waals surface area contributed by atoms with Gasteiger partial charge in [-0.3, -0.25) is 4.79 Å². The summed E-state index contributed by atoms with van der Waals surface area (Å²) < 4.78 is 40.8. The number of sulfone groups is 1. The Morgan fingerprint density at radius 1 is 1.03 bits per heavy atom. The van der Waals surface area contributed by atoms with Crippen molar-refractivity contribution in [1.82, 2.24) is 0 Å². The van der Waals surface area contributed by atoms with Crippen molar-refractivity contribution in [1.29, 1.82) is 0 Å². The van der Waals surface area contributed by atoms with Crippen LogP contribution in [0.5, 0.6) is 5.75 Å². The maximum Gasteiger partial charge on any atom is 0.339 e. The SMILES string of the molecule is COC(=O)c1cc(CCC(=O)OC(C)(C)C)cc(C)c1NCS(=O)(=O)c1ccc(OC)cc1. The van der Waals surface area contributed by atoms with Crippen molar-refractivity contribution >= 4 is 27.5 Å². The number of ether oxygens (including phenoxy) is 3. The Hall–Kier alpha value is -3.07. The number of benzene rings is 2. The van der Waals surface area contributed by atoms with E-state index in [0.29, 0.717) is 23.4 Å². The zero-order valence-electron chi connectivity index (χ0n) is 19.9. The quantitative estimate of drug-likeness (QED) is 0.542. The average molecular weight is 478 g/mol. The molecular formula is C24H31NO7S. The summed E-state index contributed by atoms with van der Waals surface area (Å²) in [6, 6.07) is 9.47. The second-order valence-electron chi connectivity index (χ2n) is 8.52. The van der Waals surface area contributed by atoms with E-state index >= 15 is 0 Å². The van der Waals surface area contributed by atoms with Gasteiger partial charge in [0.1, 0.15) is 17.2 Å². The van der Waals surface area contributed by atoms with Crippen LogP contribution in [0.3, 0.4) is 0 Å². The maximum atomic E-state index is 12.8. The number of aryl methyl sites for hydroxylation is 2. The molecule has 0 heterocycles. The van der Waals surface area contributed by atoms with Gasteiger partial charge in [-0.1, -0.05) is 6.07 Å². The molecule has 2 aromatic rings. The number of hydrogen-bond acceptors (Lipinski definition) is 8. The summed E-state index contributed by atoms with van der Waals surface area (Å²) >= 11 is 0. The van der Waals surface area contributed by atoms with E-state index < -0.39 is 27.3 Å². The summed E-state index contributed by atoms with van der Waals surface area (Å²) in [6.45, 7) is 7.15. The minimum Gasteiger partial charge on any atom is -0.497 e. The smallest absolute Gasteiger partial charge is 0.339 e. The van der Waals surface area contributed by atoms with Crippen molar-refractivity contribution in [3.8, 4) is 5.75 Å².